The summed E-state index contributed by atoms with van der Waals surface area (Å²) in [6, 6.07) is 18.9. The minimum Gasteiger partial charge on any atom is -0.507 e. The summed E-state index contributed by atoms with van der Waals surface area (Å²) < 4.78 is 5.56. The predicted molar refractivity (Wildman–Crippen MR) is 139 cm³/mol. The lowest BCUT2D eigenvalue weighted by Crippen LogP contribution is -2.29. The van der Waals surface area contributed by atoms with E-state index in [2.05, 4.69) is 0 Å². The van der Waals surface area contributed by atoms with Gasteiger partial charge in [0.15, 0.2) is 0 Å². The lowest BCUT2D eigenvalue weighted by Gasteiger charge is -2.27. The van der Waals surface area contributed by atoms with E-state index in [0.29, 0.717) is 28.6 Å². The highest BCUT2D eigenvalue weighted by molar-refractivity contribution is 6.51. The van der Waals surface area contributed by atoms with Crippen molar-refractivity contribution in [3.8, 4) is 5.75 Å². The second-order valence-electron chi connectivity index (χ2n) is 8.51. The number of amides is 1. The Bertz CT molecular complexity index is 1310. The fraction of sp³-hybridized carbons (Fsp3) is 0.214. The first-order chi connectivity index (χ1) is 16.7. The molecular formula is C28H27ClN2O4. The molecule has 180 valence electrons. The van der Waals surface area contributed by atoms with Crippen LogP contribution in [0.4, 0.5) is 11.4 Å². The lowest BCUT2D eigenvalue weighted by molar-refractivity contribution is -0.132. The van der Waals surface area contributed by atoms with Gasteiger partial charge in [-0.15, -0.1) is 0 Å². The second kappa shape index (κ2) is 9.84. The normalized spacial score (nSPS) is 17.1. The highest BCUT2D eigenvalue weighted by Gasteiger charge is 2.47. The van der Waals surface area contributed by atoms with Crippen molar-refractivity contribution in [1.29, 1.82) is 0 Å². The number of aryl methyl sites for hydroxylation is 1. The average Bonchev–Trinajstić information content (AvgIpc) is 3.10. The number of hydrogen-bond donors (Lipinski definition) is 1. The Kier molecular flexibility index (Phi) is 6.85. The third kappa shape index (κ3) is 4.49. The number of aliphatic hydroxyl groups excluding tert-OH is 1. The molecular weight excluding hydrogens is 464 g/mol. The van der Waals surface area contributed by atoms with E-state index < -0.39 is 17.7 Å². The summed E-state index contributed by atoms with van der Waals surface area (Å²) in [5.41, 5.74) is 3.54. The van der Waals surface area contributed by atoms with Crippen LogP contribution in [0.2, 0.25) is 5.02 Å². The van der Waals surface area contributed by atoms with Crippen LogP contribution in [-0.4, -0.2) is 37.5 Å². The fourth-order valence-electron chi connectivity index (χ4n) is 4.27. The molecule has 1 fully saturated rings. The molecule has 0 aromatic heterocycles. The highest BCUT2D eigenvalue weighted by atomic mass is 35.5. The number of carbonyl (C=O) groups is 2. The van der Waals surface area contributed by atoms with Crippen molar-refractivity contribution in [3.05, 3.63) is 94.0 Å². The average molecular weight is 491 g/mol. The first-order valence-corrected chi connectivity index (χ1v) is 11.7. The summed E-state index contributed by atoms with van der Waals surface area (Å²) in [7, 11) is 3.86. The summed E-state index contributed by atoms with van der Waals surface area (Å²) in [5, 5.41) is 11.8. The van der Waals surface area contributed by atoms with Crippen LogP contribution in [0.3, 0.4) is 0 Å². The van der Waals surface area contributed by atoms with Gasteiger partial charge in [-0.2, -0.15) is 0 Å². The Morgan fingerprint density at radius 3 is 2.37 bits per heavy atom. The number of anilines is 2. The van der Waals surface area contributed by atoms with Crippen LogP contribution in [0.1, 0.15) is 29.7 Å². The van der Waals surface area contributed by atoms with Crippen molar-refractivity contribution in [1.82, 2.24) is 0 Å². The molecule has 1 atom stereocenters. The molecule has 1 heterocycles. The summed E-state index contributed by atoms with van der Waals surface area (Å²) in [6.07, 6.45) is 0. The molecule has 1 unspecified atom stereocenters. The molecule has 1 amide bonds. The van der Waals surface area contributed by atoms with E-state index in [0.717, 1.165) is 16.8 Å². The number of rotatable bonds is 6. The van der Waals surface area contributed by atoms with E-state index in [-0.39, 0.29) is 11.3 Å². The molecule has 1 aliphatic rings. The maximum absolute atomic E-state index is 13.4. The molecule has 3 aromatic carbocycles. The van der Waals surface area contributed by atoms with E-state index in [1.54, 1.807) is 30.3 Å². The van der Waals surface area contributed by atoms with Crippen molar-refractivity contribution < 1.29 is 19.4 Å². The number of nitrogens with zero attached hydrogens (tertiary/aromatic N) is 2. The molecule has 0 spiro atoms. The molecule has 35 heavy (non-hydrogen) atoms. The van der Waals surface area contributed by atoms with E-state index >= 15 is 0 Å². The van der Waals surface area contributed by atoms with Gasteiger partial charge in [-0.3, -0.25) is 14.5 Å². The van der Waals surface area contributed by atoms with Gasteiger partial charge in [0.05, 0.1) is 23.2 Å². The number of hydrogen-bond acceptors (Lipinski definition) is 5. The molecule has 4 rings (SSSR count). The number of halogens is 1. The Morgan fingerprint density at radius 2 is 1.74 bits per heavy atom. The predicted octanol–water partition coefficient (Wildman–Crippen LogP) is 5.74. The molecule has 3 aromatic rings. The fourth-order valence-corrected chi connectivity index (χ4v) is 4.44. The third-order valence-corrected chi connectivity index (χ3v) is 6.39. The van der Waals surface area contributed by atoms with Crippen molar-refractivity contribution in [3.63, 3.8) is 0 Å². The topological polar surface area (TPSA) is 70.1 Å². The molecule has 6 nitrogen and oxygen atoms in total. The van der Waals surface area contributed by atoms with Gasteiger partial charge in [0.2, 0.25) is 0 Å². The zero-order chi connectivity index (χ0) is 25.3. The van der Waals surface area contributed by atoms with Crippen molar-refractivity contribution in [2.24, 2.45) is 0 Å². The monoisotopic (exact) mass is 490 g/mol. The van der Waals surface area contributed by atoms with Gasteiger partial charge in [-0.25, -0.2) is 0 Å². The Balaban J connectivity index is 1.92. The molecule has 0 radical (unpaired) electrons. The SMILES string of the molecule is CCOc1cc(/C(O)=C2\C(=O)C(=O)N(c3ccc(N(C)C)cc3)C2c2ccccc2C)ccc1Cl. The zero-order valence-corrected chi connectivity index (χ0v) is 20.8. The Morgan fingerprint density at radius 1 is 1.06 bits per heavy atom. The Hall–Kier alpha value is -3.77. The molecule has 0 aliphatic carbocycles. The van der Waals surface area contributed by atoms with Gasteiger partial charge in [0.1, 0.15) is 11.5 Å². The minimum absolute atomic E-state index is 0.0192. The number of carbonyl (C=O) groups excluding carboxylic acids is 2. The molecule has 7 heteroatoms. The van der Waals surface area contributed by atoms with Crippen LogP contribution in [0.5, 0.6) is 5.75 Å². The van der Waals surface area contributed by atoms with Crippen LogP contribution in [0, 0.1) is 6.92 Å². The third-order valence-electron chi connectivity index (χ3n) is 6.08. The maximum Gasteiger partial charge on any atom is 0.300 e. The molecule has 1 N–H and O–H groups in total. The Labute approximate surface area is 210 Å². The number of aliphatic hydroxyl groups is 1. The lowest BCUT2D eigenvalue weighted by atomic mass is 9.92. The van der Waals surface area contributed by atoms with Gasteiger partial charge in [0, 0.05) is 31.0 Å². The van der Waals surface area contributed by atoms with E-state index in [4.69, 9.17) is 16.3 Å². The minimum atomic E-state index is -0.798. The molecule has 1 saturated heterocycles. The van der Waals surface area contributed by atoms with Gasteiger partial charge in [-0.05, 0) is 67.4 Å². The van der Waals surface area contributed by atoms with Gasteiger partial charge < -0.3 is 14.7 Å². The van der Waals surface area contributed by atoms with Gasteiger partial charge >= 0.3 is 0 Å². The molecule has 0 saturated carbocycles. The summed E-state index contributed by atoms with van der Waals surface area (Å²) >= 11 is 6.22. The number of Topliss-reactive ketones (excluding diaryl/α,β-unsaturated/α-hetero) is 1. The van der Waals surface area contributed by atoms with Crippen LogP contribution in [0.15, 0.2) is 72.3 Å². The van der Waals surface area contributed by atoms with Crippen LogP contribution < -0.4 is 14.5 Å². The summed E-state index contributed by atoms with van der Waals surface area (Å²) in [4.78, 5) is 30.1. The van der Waals surface area contributed by atoms with E-state index in [9.17, 15) is 14.7 Å². The largest absolute Gasteiger partial charge is 0.507 e. The maximum atomic E-state index is 13.4. The van der Waals surface area contributed by atoms with Crippen molar-refractivity contribution >= 4 is 40.4 Å². The standard InChI is InChI=1S/C28H27ClN2O4/c1-5-35-23-16-18(10-15-22(23)29)26(32)24-25(21-9-7-6-8-17(21)2)31(28(34)27(24)33)20-13-11-19(12-14-20)30(3)4/h6-16,25,32H,5H2,1-4H3/b26-24+. The van der Waals surface area contributed by atoms with Crippen LogP contribution >= 0.6 is 11.6 Å². The second-order valence-corrected chi connectivity index (χ2v) is 8.92. The highest BCUT2D eigenvalue weighted by Crippen LogP contribution is 2.43. The quantitative estimate of drug-likeness (QED) is 0.271. The van der Waals surface area contributed by atoms with Gasteiger partial charge in [0.25, 0.3) is 11.7 Å². The number of benzene rings is 3. The summed E-state index contributed by atoms with van der Waals surface area (Å²) in [5.74, 6) is -1.34. The first-order valence-electron chi connectivity index (χ1n) is 11.3. The van der Waals surface area contributed by atoms with Crippen molar-refractivity contribution in [2.45, 2.75) is 19.9 Å². The van der Waals surface area contributed by atoms with Gasteiger partial charge in [-0.1, -0.05) is 35.9 Å². The van der Waals surface area contributed by atoms with Crippen LogP contribution in [-0.2, 0) is 9.59 Å². The summed E-state index contributed by atoms with van der Waals surface area (Å²) in [6.45, 7) is 4.13. The van der Waals surface area contributed by atoms with E-state index in [1.807, 2.05) is 69.2 Å². The zero-order valence-electron chi connectivity index (χ0n) is 20.1. The van der Waals surface area contributed by atoms with E-state index in [1.165, 1.54) is 4.90 Å². The van der Waals surface area contributed by atoms with Crippen LogP contribution in [0.25, 0.3) is 5.76 Å². The number of ketones is 1. The first kappa shape index (κ1) is 24.4. The smallest absolute Gasteiger partial charge is 0.300 e. The molecule has 1 aliphatic heterocycles. The van der Waals surface area contributed by atoms with Crippen molar-refractivity contribution in [2.75, 3.05) is 30.5 Å². The molecule has 0 bridgehead atoms. The number of ether oxygens (including phenoxy) is 1.